The van der Waals surface area contributed by atoms with Crippen LogP contribution in [0.15, 0.2) is 0 Å². The highest BCUT2D eigenvalue weighted by Crippen LogP contribution is 2.36. The lowest BCUT2D eigenvalue weighted by Crippen LogP contribution is -2.63. The summed E-state index contributed by atoms with van der Waals surface area (Å²) >= 11 is 0. The van der Waals surface area contributed by atoms with Crippen molar-refractivity contribution in [3.8, 4) is 0 Å². The van der Waals surface area contributed by atoms with Crippen molar-refractivity contribution < 1.29 is 59.0 Å². The van der Waals surface area contributed by atoms with Gasteiger partial charge in [-0.1, -0.05) is 0 Å². The highest BCUT2D eigenvalue weighted by atomic mass is 31.2. The predicted octanol–water partition coefficient (Wildman–Crippen LogP) is -3.90. The Morgan fingerprint density at radius 3 is 2.36 bits per heavy atom. The van der Waals surface area contributed by atoms with Crippen LogP contribution in [-0.4, -0.2) is 89.3 Å². The normalized spacial score (nSPS) is 35.9. The third-order valence-corrected chi connectivity index (χ3v) is 3.51. The maximum atomic E-state index is 10.9. The Morgan fingerprint density at radius 1 is 1.36 bits per heavy atom. The third kappa shape index (κ3) is 4.67. The van der Waals surface area contributed by atoms with Crippen LogP contribution in [0, 0.1) is 0 Å². The molecule has 0 radical (unpaired) electrons. The molecule has 1 unspecified atom stereocenters. The molecule has 0 aromatic carbocycles. The molecule has 0 amide bonds. The van der Waals surface area contributed by atoms with Crippen molar-refractivity contribution in [1.29, 1.82) is 0 Å². The first-order valence-electron chi connectivity index (χ1n) is 5.93. The molecule has 130 valence electrons. The van der Waals surface area contributed by atoms with Crippen molar-refractivity contribution in [3.63, 3.8) is 0 Å². The van der Waals surface area contributed by atoms with E-state index < -0.39 is 63.1 Å². The van der Waals surface area contributed by atoms with Crippen molar-refractivity contribution in [2.75, 3.05) is 6.61 Å². The zero-order chi connectivity index (χ0) is 17.3. The summed E-state index contributed by atoms with van der Waals surface area (Å²) in [6.07, 6.45) is -10.6. The summed E-state index contributed by atoms with van der Waals surface area (Å²) in [5.74, 6) is -4.80. The molecular formula is C9H17O12P. The molecule has 22 heavy (non-hydrogen) atoms. The molecular weight excluding hydrogens is 331 g/mol. The van der Waals surface area contributed by atoms with Crippen molar-refractivity contribution >= 4 is 13.8 Å². The minimum absolute atomic E-state index is 0.887. The van der Waals surface area contributed by atoms with Crippen molar-refractivity contribution in [2.45, 2.75) is 42.7 Å². The largest absolute Gasteiger partial charge is 0.477 e. The summed E-state index contributed by atoms with van der Waals surface area (Å²) in [5.41, 5.74) is 0. The Morgan fingerprint density at radius 2 is 1.91 bits per heavy atom. The van der Waals surface area contributed by atoms with Crippen LogP contribution < -0.4 is 0 Å². The lowest BCUT2D eigenvalue weighted by molar-refractivity contribution is -0.312. The lowest BCUT2D eigenvalue weighted by atomic mass is 9.91. The van der Waals surface area contributed by atoms with Crippen molar-refractivity contribution in [1.82, 2.24) is 0 Å². The number of aliphatic carboxylic acids is 1. The zero-order valence-corrected chi connectivity index (χ0v) is 11.9. The van der Waals surface area contributed by atoms with Crippen LogP contribution in [0.2, 0.25) is 0 Å². The molecule has 0 spiro atoms. The molecule has 1 heterocycles. The van der Waals surface area contributed by atoms with Crippen LogP contribution in [0.5, 0.6) is 0 Å². The van der Waals surface area contributed by atoms with Gasteiger partial charge >= 0.3 is 13.8 Å². The predicted molar refractivity (Wildman–Crippen MR) is 64.1 cm³/mol. The fraction of sp³-hybridized carbons (Fsp3) is 0.889. The summed E-state index contributed by atoms with van der Waals surface area (Å²) in [6, 6.07) is 0. The van der Waals surface area contributed by atoms with Crippen LogP contribution >= 0.6 is 7.82 Å². The molecule has 0 saturated carbocycles. The molecule has 1 aliphatic heterocycles. The van der Waals surface area contributed by atoms with Crippen LogP contribution in [0.4, 0.5) is 0 Å². The molecule has 1 fully saturated rings. The van der Waals surface area contributed by atoms with Gasteiger partial charge in [-0.3, -0.25) is 4.52 Å². The summed E-state index contributed by atoms with van der Waals surface area (Å²) in [7, 11) is -4.94. The molecule has 1 aliphatic rings. The number of rotatable bonds is 6. The monoisotopic (exact) mass is 348 g/mol. The topological polar surface area (TPSA) is 214 Å². The second-order valence-electron chi connectivity index (χ2n) is 4.78. The Balaban J connectivity index is 2.82. The maximum absolute atomic E-state index is 10.9. The van der Waals surface area contributed by atoms with E-state index in [9.17, 15) is 34.9 Å². The van der Waals surface area contributed by atoms with Gasteiger partial charge in [-0.15, -0.1) is 0 Å². The van der Waals surface area contributed by atoms with E-state index >= 15 is 0 Å². The average molecular weight is 348 g/mol. The molecule has 1 saturated heterocycles. The van der Waals surface area contributed by atoms with Crippen LogP contribution in [0.3, 0.4) is 0 Å². The fourth-order valence-corrected chi connectivity index (χ4v) is 2.21. The van der Waals surface area contributed by atoms with Gasteiger partial charge in [-0.25, -0.2) is 9.36 Å². The standard InChI is InChI=1S/C9H17O12P/c10-3-1-9(16,8(14)15)21-7(5(3)12)6(13)4(11)2-20-22(17,18)19/h3-7,10-13,16H,1-2H2,(H,14,15)(H2,17,18,19)/t3-,4+,5+,6+,7+,9?/m0/s1. The quantitative estimate of drug-likeness (QED) is 0.216. The third-order valence-electron chi connectivity index (χ3n) is 3.03. The number of phosphoric acid groups is 1. The Hall–Kier alpha value is -0.660. The van der Waals surface area contributed by atoms with Crippen LogP contribution in [-0.2, 0) is 18.6 Å². The number of carboxylic acid groups (broad SMARTS) is 1. The molecule has 6 atom stereocenters. The van der Waals surface area contributed by atoms with E-state index in [-0.39, 0.29) is 0 Å². The molecule has 8 N–H and O–H groups in total. The summed E-state index contributed by atoms with van der Waals surface area (Å²) in [5, 5.41) is 56.9. The van der Waals surface area contributed by atoms with E-state index in [2.05, 4.69) is 9.26 Å². The van der Waals surface area contributed by atoms with E-state index in [4.69, 9.17) is 14.9 Å². The van der Waals surface area contributed by atoms with E-state index in [1.54, 1.807) is 0 Å². The van der Waals surface area contributed by atoms with Crippen LogP contribution in [0.1, 0.15) is 6.42 Å². The first kappa shape index (κ1) is 19.4. The van der Waals surface area contributed by atoms with Gasteiger partial charge in [0.15, 0.2) is 0 Å². The number of carboxylic acids is 1. The molecule has 13 heteroatoms. The molecule has 0 aromatic heterocycles. The number of ether oxygens (including phenoxy) is 1. The lowest BCUT2D eigenvalue weighted by Gasteiger charge is -2.42. The number of hydrogen-bond donors (Lipinski definition) is 8. The summed E-state index contributed by atoms with van der Waals surface area (Å²) in [4.78, 5) is 27.8. The van der Waals surface area contributed by atoms with Crippen molar-refractivity contribution in [2.24, 2.45) is 0 Å². The van der Waals surface area contributed by atoms with Gasteiger partial charge in [0.1, 0.15) is 24.4 Å². The van der Waals surface area contributed by atoms with Gasteiger partial charge in [0.25, 0.3) is 5.79 Å². The highest BCUT2D eigenvalue weighted by molar-refractivity contribution is 7.46. The number of aliphatic hydroxyl groups excluding tert-OH is 4. The number of phosphoric ester groups is 1. The molecule has 0 bridgehead atoms. The minimum atomic E-state index is -4.94. The van der Waals surface area contributed by atoms with Crippen LogP contribution in [0.25, 0.3) is 0 Å². The number of carbonyl (C=O) groups is 1. The van der Waals surface area contributed by atoms with Gasteiger partial charge in [-0.2, -0.15) is 0 Å². The molecule has 0 aliphatic carbocycles. The second kappa shape index (κ2) is 6.84. The van der Waals surface area contributed by atoms with Crippen molar-refractivity contribution in [3.05, 3.63) is 0 Å². The van der Waals surface area contributed by atoms with E-state index in [0.717, 1.165) is 0 Å². The van der Waals surface area contributed by atoms with E-state index in [0.29, 0.717) is 0 Å². The molecule has 12 nitrogen and oxygen atoms in total. The SMILES string of the molecule is O=C(O)C1(O)C[C@H](O)[C@@H](O)[C@H]([C@H](O)[C@H](O)COP(=O)(O)O)O1. The minimum Gasteiger partial charge on any atom is -0.477 e. The fourth-order valence-electron chi connectivity index (χ4n) is 1.87. The Kier molecular flexibility index (Phi) is 6.03. The van der Waals surface area contributed by atoms with E-state index in [1.807, 2.05) is 0 Å². The Bertz CT molecular complexity index is 450. The first-order valence-corrected chi connectivity index (χ1v) is 7.46. The smallest absolute Gasteiger partial charge is 0.469 e. The Labute approximate surface area is 123 Å². The van der Waals surface area contributed by atoms with Gasteiger partial charge in [-0.05, 0) is 0 Å². The maximum Gasteiger partial charge on any atom is 0.469 e. The zero-order valence-electron chi connectivity index (χ0n) is 11.0. The van der Waals surface area contributed by atoms with Gasteiger partial charge in [0, 0.05) is 6.42 Å². The summed E-state index contributed by atoms with van der Waals surface area (Å²) < 4.78 is 19.0. The van der Waals surface area contributed by atoms with Gasteiger partial charge in [0.2, 0.25) is 0 Å². The molecule has 0 aromatic rings. The van der Waals surface area contributed by atoms with E-state index in [1.165, 1.54) is 0 Å². The number of hydrogen-bond acceptors (Lipinski definition) is 9. The number of aliphatic hydroxyl groups is 5. The second-order valence-corrected chi connectivity index (χ2v) is 6.02. The average Bonchev–Trinajstić information content (AvgIpc) is 2.38. The summed E-state index contributed by atoms with van der Waals surface area (Å²) in [6.45, 7) is -1.07. The first-order chi connectivity index (χ1) is 9.87. The highest BCUT2D eigenvalue weighted by Gasteiger charge is 2.53. The van der Waals surface area contributed by atoms with Gasteiger partial charge in [0.05, 0.1) is 12.7 Å². The van der Waals surface area contributed by atoms with Gasteiger partial charge < -0.3 is 45.2 Å². The molecule has 1 rings (SSSR count).